The lowest BCUT2D eigenvalue weighted by Gasteiger charge is -2.21. The van der Waals surface area contributed by atoms with Crippen LogP contribution in [0.4, 0.5) is 22.8 Å². The standard InChI is InChI=1S/C10H16F3N3O4.C8H17N3O3/c1-5(14-8(19)20-9(2,3)4)6(17)15-16-7(18)10(11,12)13;1-5(6(12)11-9)10-7(13)14-8(2,3)4/h5H,1-4H3,(H,14,19)(H,15,17)(H,16,18);5H,9H2,1-4H3,(H,10,13)(H,11,12)/t2*5-/m11/s1. The SMILES string of the molecule is C[C@@H](NC(=O)OC(C)(C)C)C(=O)NN.C[C@@H](NC(=O)OC(C)(C)C)C(=O)NNC(=O)C(F)(F)F. The third kappa shape index (κ3) is 17.3. The molecule has 0 spiro atoms. The van der Waals surface area contributed by atoms with E-state index in [2.05, 4.69) is 10.6 Å². The van der Waals surface area contributed by atoms with E-state index >= 15 is 0 Å². The van der Waals surface area contributed by atoms with Crippen molar-refractivity contribution in [1.29, 1.82) is 0 Å². The Bertz CT molecular complexity index is 733. The predicted molar refractivity (Wildman–Crippen MR) is 112 cm³/mol. The fraction of sp³-hybridized carbons (Fsp3) is 0.722. The molecule has 0 saturated heterocycles. The van der Waals surface area contributed by atoms with Crippen LogP contribution in [0, 0.1) is 0 Å². The van der Waals surface area contributed by atoms with Gasteiger partial charge in [-0.3, -0.25) is 30.7 Å². The number of amides is 5. The van der Waals surface area contributed by atoms with Crippen LogP contribution in [0.5, 0.6) is 0 Å². The molecule has 0 radical (unpaired) electrons. The molecule has 0 rings (SSSR count). The van der Waals surface area contributed by atoms with Crippen LogP contribution >= 0.6 is 0 Å². The zero-order valence-corrected chi connectivity index (χ0v) is 20.2. The van der Waals surface area contributed by atoms with Crippen molar-refractivity contribution in [3.05, 3.63) is 0 Å². The molecule has 2 atom stereocenters. The minimum Gasteiger partial charge on any atom is -0.444 e. The number of rotatable bonds is 4. The fourth-order valence-electron chi connectivity index (χ4n) is 1.52. The van der Waals surface area contributed by atoms with Crippen molar-refractivity contribution in [2.45, 2.75) is 84.9 Å². The Morgan fingerprint density at radius 2 is 1.06 bits per heavy atom. The lowest BCUT2D eigenvalue weighted by atomic mass is 10.2. The largest absolute Gasteiger partial charge is 0.472 e. The van der Waals surface area contributed by atoms with Gasteiger partial charge in [0, 0.05) is 0 Å². The van der Waals surface area contributed by atoms with Crippen LogP contribution < -0.4 is 32.8 Å². The Morgan fingerprint density at radius 1 is 0.706 bits per heavy atom. The monoisotopic (exact) mass is 502 g/mol. The zero-order valence-electron chi connectivity index (χ0n) is 20.2. The molecule has 0 saturated carbocycles. The average molecular weight is 502 g/mol. The van der Waals surface area contributed by atoms with Crippen molar-refractivity contribution < 1.29 is 46.6 Å². The molecule has 34 heavy (non-hydrogen) atoms. The molecule has 0 aromatic rings. The van der Waals surface area contributed by atoms with E-state index in [1.165, 1.54) is 24.7 Å². The number of carbonyl (C=O) groups is 5. The number of carbonyl (C=O) groups excluding carboxylic acids is 5. The van der Waals surface area contributed by atoms with E-state index in [0.29, 0.717) is 0 Å². The smallest absolute Gasteiger partial charge is 0.444 e. The van der Waals surface area contributed by atoms with Crippen LogP contribution in [-0.4, -0.2) is 59.4 Å². The Hall–Kier alpha value is -3.30. The topological polar surface area (TPSA) is 190 Å². The van der Waals surface area contributed by atoms with E-state index < -0.39 is 59.4 Å². The molecule has 0 aromatic heterocycles. The number of ether oxygens (including phenoxy) is 2. The molecule has 0 aliphatic heterocycles. The minimum atomic E-state index is -5.12. The molecule has 198 valence electrons. The average Bonchev–Trinajstić information content (AvgIpc) is 2.61. The van der Waals surface area contributed by atoms with Gasteiger partial charge in [0.15, 0.2) is 0 Å². The summed E-state index contributed by atoms with van der Waals surface area (Å²) in [5.74, 6) is 1.05. The third-order valence-corrected chi connectivity index (χ3v) is 2.95. The van der Waals surface area contributed by atoms with Gasteiger partial charge < -0.3 is 20.1 Å². The molecule has 0 unspecified atom stereocenters. The second kappa shape index (κ2) is 13.4. The zero-order chi connectivity index (χ0) is 27.5. The molecule has 0 bridgehead atoms. The van der Waals surface area contributed by atoms with Crippen molar-refractivity contribution >= 4 is 29.9 Å². The van der Waals surface area contributed by atoms with Crippen LogP contribution in [0.25, 0.3) is 0 Å². The van der Waals surface area contributed by atoms with Gasteiger partial charge in [0.25, 0.3) is 11.8 Å². The summed E-state index contributed by atoms with van der Waals surface area (Å²) in [5, 5.41) is 4.43. The quantitative estimate of drug-likeness (QED) is 0.182. The molecule has 0 aliphatic rings. The molecule has 0 aromatic carbocycles. The number of alkyl carbamates (subject to hydrolysis) is 2. The maximum Gasteiger partial charge on any atom is 0.472 e. The van der Waals surface area contributed by atoms with Gasteiger partial charge in [-0.25, -0.2) is 15.4 Å². The number of nitrogens with two attached hydrogens (primary N) is 1. The summed E-state index contributed by atoms with van der Waals surface area (Å²) in [4.78, 5) is 55.1. The normalized spacial score (nSPS) is 13.1. The predicted octanol–water partition coefficient (Wildman–Crippen LogP) is 0.499. The summed E-state index contributed by atoms with van der Waals surface area (Å²) < 4.78 is 45.3. The van der Waals surface area contributed by atoms with Gasteiger partial charge in [-0.2, -0.15) is 13.2 Å². The van der Waals surface area contributed by atoms with E-state index in [0.717, 1.165) is 0 Å². The first kappa shape index (κ1) is 32.9. The summed E-state index contributed by atoms with van der Waals surface area (Å²) in [6.07, 6.45) is -6.68. The van der Waals surface area contributed by atoms with Gasteiger partial charge in [-0.05, 0) is 55.4 Å². The number of halogens is 3. The van der Waals surface area contributed by atoms with Crippen LogP contribution in [0.1, 0.15) is 55.4 Å². The lowest BCUT2D eigenvalue weighted by Crippen LogP contribution is -2.54. The number of hydrogen-bond acceptors (Lipinski definition) is 8. The van der Waals surface area contributed by atoms with E-state index in [1.54, 1.807) is 41.5 Å². The highest BCUT2D eigenvalue weighted by Crippen LogP contribution is 2.13. The Balaban J connectivity index is 0. The third-order valence-electron chi connectivity index (χ3n) is 2.95. The fourth-order valence-corrected chi connectivity index (χ4v) is 1.52. The Morgan fingerprint density at radius 3 is 1.35 bits per heavy atom. The van der Waals surface area contributed by atoms with Crippen LogP contribution in [0.15, 0.2) is 0 Å². The van der Waals surface area contributed by atoms with Gasteiger partial charge in [-0.15, -0.1) is 0 Å². The first-order valence-electron chi connectivity index (χ1n) is 9.75. The summed E-state index contributed by atoms with van der Waals surface area (Å²) >= 11 is 0. The van der Waals surface area contributed by atoms with Crippen LogP contribution in [0.2, 0.25) is 0 Å². The number of hydrazine groups is 2. The number of hydrogen-bond donors (Lipinski definition) is 6. The highest BCUT2D eigenvalue weighted by molar-refractivity contribution is 5.89. The molecule has 0 aliphatic carbocycles. The highest BCUT2D eigenvalue weighted by Gasteiger charge is 2.39. The number of nitrogens with one attached hydrogen (secondary N) is 5. The van der Waals surface area contributed by atoms with Crippen molar-refractivity contribution in [2.24, 2.45) is 5.84 Å². The summed E-state index contributed by atoms with van der Waals surface area (Å²) in [6, 6.07) is -1.91. The molecular weight excluding hydrogens is 469 g/mol. The highest BCUT2D eigenvalue weighted by atomic mass is 19.4. The minimum absolute atomic E-state index is 0.476. The Kier molecular flexibility index (Phi) is 13.0. The molecular formula is C18H33F3N6O7. The summed E-state index contributed by atoms with van der Waals surface area (Å²) in [7, 11) is 0. The van der Waals surface area contributed by atoms with Crippen LogP contribution in [0.3, 0.4) is 0 Å². The maximum absolute atomic E-state index is 11.8. The maximum atomic E-state index is 11.8. The molecule has 0 heterocycles. The second-order valence-corrected chi connectivity index (χ2v) is 8.69. The first-order chi connectivity index (χ1) is 15.1. The van der Waals surface area contributed by atoms with Gasteiger partial charge in [0.2, 0.25) is 0 Å². The van der Waals surface area contributed by atoms with Gasteiger partial charge >= 0.3 is 24.3 Å². The van der Waals surface area contributed by atoms with Crippen molar-refractivity contribution in [1.82, 2.24) is 26.9 Å². The summed E-state index contributed by atoms with van der Waals surface area (Å²) in [5.41, 5.74) is 3.25. The van der Waals surface area contributed by atoms with Gasteiger partial charge in [0.1, 0.15) is 23.3 Å². The van der Waals surface area contributed by atoms with Gasteiger partial charge in [0.05, 0.1) is 0 Å². The van der Waals surface area contributed by atoms with Gasteiger partial charge in [-0.1, -0.05) is 0 Å². The lowest BCUT2D eigenvalue weighted by molar-refractivity contribution is -0.175. The van der Waals surface area contributed by atoms with Crippen LogP contribution in [-0.2, 0) is 23.9 Å². The molecule has 13 nitrogen and oxygen atoms in total. The van der Waals surface area contributed by atoms with Crippen molar-refractivity contribution in [3.63, 3.8) is 0 Å². The first-order valence-corrected chi connectivity index (χ1v) is 9.75. The van der Waals surface area contributed by atoms with Crippen molar-refractivity contribution in [3.8, 4) is 0 Å². The molecule has 16 heteroatoms. The van der Waals surface area contributed by atoms with E-state index in [1.807, 2.05) is 5.43 Å². The molecule has 7 N–H and O–H groups in total. The molecule has 0 fully saturated rings. The summed E-state index contributed by atoms with van der Waals surface area (Å²) in [6.45, 7) is 12.7. The van der Waals surface area contributed by atoms with E-state index in [-0.39, 0.29) is 0 Å². The van der Waals surface area contributed by atoms with E-state index in [4.69, 9.17) is 15.3 Å². The van der Waals surface area contributed by atoms with Crippen molar-refractivity contribution in [2.75, 3.05) is 0 Å². The van der Waals surface area contributed by atoms with E-state index in [9.17, 15) is 37.1 Å². The second-order valence-electron chi connectivity index (χ2n) is 8.69. The number of alkyl halides is 3. The Labute approximate surface area is 195 Å². The molecule has 5 amide bonds.